The minimum Gasteiger partial charge on any atom is -0.314 e. The zero-order valence-electron chi connectivity index (χ0n) is 15.1. The highest BCUT2D eigenvalue weighted by Crippen LogP contribution is 2.19. The van der Waals surface area contributed by atoms with Gasteiger partial charge in [-0.1, -0.05) is 42.5 Å². The minimum absolute atomic E-state index is 0.199. The molecule has 0 N–H and O–H groups in total. The maximum atomic E-state index is 12.9. The lowest BCUT2D eigenvalue weighted by Gasteiger charge is -2.22. The molecule has 1 atom stereocenters. The van der Waals surface area contributed by atoms with Crippen LogP contribution in [0.25, 0.3) is 11.3 Å². The minimum atomic E-state index is -0.711. The van der Waals surface area contributed by atoms with Gasteiger partial charge in [-0.15, -0.1) is 0 Å². The highest BCUT2D eigenvalue weighted by molar-refractivity contribution is 5.95. The van der Waals surface area contributed by atoms with Crippen LogP contribution in [0.15, 0.2) is 71.5 Å². The Hall–Kier alpha value is -3.21. The lowest BCUT2D eigenvalue weighted by molar-refractivity contribution is -0.121. The van der Waals surface area contributed by atoms with E-state index in [9.17, 15) is 9.59 Å². The molecule has 0 aliphatic rings. The number of aromatic nitrogens is 2. The molecule has 0 bridgehead atoms. The molecule has 0 aliphatic heterocycles. The van der Waals surface area contributed by atoms with Crippen LogP contribution < -0.4 is 10.5 Å². The van der Waals surface area contributed by atoms with E-state index in [4.69, 9.17) is 0 Å². The second kappa shape index (κ2) is 7.35. The van der Waals surface area contributed by atoms with Gasteiger partial charge in [-0.25, -0.2) is 4.68 Å². The highest BCUT2D eigenvalue weighted by Gasteiger charge is 2.22. The summed E-state index contributed by atoms with van der Waals surface area (Å²) in [5, 5.41) is 4.41. The van der Waals surface area contributed by atoms with Crippen molar-refractivity contribution in [1.82, 2.24) is 9.78 Å². The van der Waals surface area contributed by atoms with Crippen molar-refractivity contribution >= 4 is 11.6 Å². The molecule has 26 heavy (non-hydrogen) atoms. The molecule has 3 rings (SSSR count). The predicted octanol–water partition coefficient (Wildman–Crippen LogP) is 3.44. The van der Waals surface area contributed by atoms with Crippen molar-refractivity contribution in [1.29, 1.82) is 0 Å². The average Bonchev–Trinajstić information content (AvgIpc) is 2.67. The van der Waals surface area contributed by atoms with Gasteiger partial charge in [0.25, 0.3) is 11.5 Å². The summed E-state index contributed by atoms with van der Waals surface area (Å²) in [6.07, 6.45) is 0. The second-order valence-corrected chi connectivity index (χ2v) is 6.28. The van der Waals surface area contributed by atoms with Crippen LogP contribution in [-0.2, 0) is 4.79 Å². The Morgan fingerprint density at radius 1 is 1.04 bits per heavy atom. The molecule has 0 aliphatic carbocycles. The summed E-state index contributed by atoms with van der Waals surface area (Å²) < 4.78 is 1.25. The fourth-order valence-corrected chi connectivity index (χ4v) is 2.81. The van der Waals surface area contributed by atoms with E-state index in [0.717, 1.165) is 16.8 Å². The number of carbonyl (C=O) groups is 1. The number of likely N-dealkylation sites (N-methyl/N-ethyl adjacent to an activating group) is 1. The molecule has 1 aromatic heterocycles. The SMILES string of the molecule is Cc1cccc(N(C)C(=O)[C@H](C)n2nc(-c3ccccc3)ccc2=O)c1. The zero-order chi connectivity index (χ0) is 18.7. The van der Waals surface area contributed by atoms with Crippen molar-refractivity contribution in [3.63, 3.8) is 0 Å². The lowest BCUT2D eigenvalue weighted by atomic mass is 10.1. The Balaban J connectivity index is 1.93. The van der Waals surface area contributed by atoms with Crippen LogP contribution >= 0.6 is 0 Å². The normalized spacial score (nSPS) is 11.8. The van der Waals surface area contributed by atoms with Gasteiger partial charge in [0.2, 0.25) is 0 Å². The van der Waals surface area contributed by atoms with Gasteiger partial charge in [0.15, 0.2) is 0 Å². The monoisotopic (exact) mass is 347 g/mol. The van der Waals surface area contributed by atoms with Crippen LogP contribution in [0.3, 0.4) is 0 Å². The number of nitrogens with zero attached hydrogens (tertiary/aromatic N) is 3. The maximum Gasteiger partial charge on any atom is 0.267 e. The number of benzene rings is 2. The summed E-state index contributed by atoms with van der Waals surface area (Å²) >= 11 is 0. The summed E-state index contributed by atoms with van der Waals surface area (Å²) in [5.41, 5.74) is 3.10. The summed E-state index contributed by atoms with van der Waals surface area (Å²) in [4.78, 5) is 26.7. The van der Waals surface area contributed by atoms with Crippen molar-refractivity contribution in [2.45, 2.75) is 19.9 Å². The van der Waals surface area contributed by atoms with Crippen LogP contribution in [0.5, 0.6) is 0 Å². The molecular formula is C21H21N3O2. The Labute approximate surface area is 152 Å². The van der Waals surface area contributed by atoms with Gasteiger partial charge in [-0.05, 0) is 37.6 Å². The molecule has 0 radical (unpaired) electrons. The topological polar surface area (TPSA) is 55.2 Å². The van der Waals surface area contributed by atoms with Crippen LogP contribution in [0, 0.1) is 6.92 Å². The molecule has 0 unspecified atom stereocenters. The Bertz CT molecular complexity index is 980. The van der Waals surface area contributed by atoms with Crippen molar-refractivity contribution in [2.75, 3.05) is 11.9 Å². The number of hydrogen-bond donors (Lipinski definition) is 0. The first kappa shape index (κ1) is 17.6. The molecule has 2 aromatic carbocycles. The van der Waals surface area contributed by atoms with Gasteiger partial charge in [0.1, 0.15) is 6.04 Å². The Morgan fingerprint density at radius 3 is 2.46 bits per heavy atom. The molecule has 0 spiro atoms. The van der Waals surface area contributed by atoms with Gasteiger partial charge >= 0.3 is 0 Å². The summed E-state index contributed by atoms with van der Waals surface area (Å²) in [6.45, 7) is 3.67. The molecule has 1 amide bonds. The quantitative estimate of drug-likeness (QED) is 0.726. The van der Waals surface area contributed by atoms with E-state index in [2.05, 4.69) is 5.10 Å². The number of amides is 1. The predicted molar refractivity (Wildman–Crippen MR) is 103 cm³/mol. The Kier molecular flexibility index (Phi) is 4.98. The third-order valence-corrected chi connectivity index (χ3v) is 4.34. The molecular weight excluding hydrogens is 326 g/mol. The lowest BCUT2D eigenvalue weighted by Crippen LogP contribution is -2.38. The van der Waals surface area contributed by atoms with Gasteiger partial charge in [-0.3, -0.25) is 9.59 Å². The first-order chi connectivity index (χ1) is 12.5. The van der Waals surface area contributed by atoms with E-state index in [-0.39, 0.29) is 11.5 Å². The molecule has 3 aromatic rings. The first-order valence-corrected chi connectivity index (χ1v) is 8.47. The van der Waals surface area contributed by atoms with Gasteiger partial charge < -0.3 is 4.90 Å². The summed E-state index contributed by atoms with van der Waals surface area (Å²) in [7, 11) is 1.71. The third-order valence-electron chi connectivity index (χ3n) is 4.34. The summed E-state index contributed by atoms with van der Waals surface area (Å²) in [6, 6.07) is 19.7. The number of rotatable bonds is 4. The molecule has 0 saturated carbocycles. The standard InChI is InChI=1S/C21H21N3O2/c1-15-8-7-11-18(14-15)23(3)21(26)16(2)24-20(25)13-12-19(22-24)17-9-5-4-6-10-17/h4-14,16H,1-3H3/t16-/m0/s1. The number of hydrogen-bond acceptors (Lipinski definition) is 3. The molecule has 5 heteroatoms. The van der Waals surface area contributed by atoms with Crippen molar-refractivity contribution < 1.29 is 4.79 Å². The fourth-order valence-electron chi connectivity index (χ4n) is 2.81. The van der Waals surface area contributed by atoms with Gasteiger partial charge in [0.05, 0.1) is 5.69 Å². The van der Waals surface area contributed by atoms with Gasteiger partial charge in [-0.2, -0.15) is 5.10 Å². The fraction of sp³-hybridized carbons (Fsp3) is 0.190. The number of aryl methyl sites for hydroxylation is 1. The van der Waals surface area contributed by atoms with E-state index >= 15 is 0 Å². The number of carbonyl (C=O) groups excluding carboxylic acids is 1. The van der Waals surface area contributed by atoms with Crippen molar-refractivity contribution in [3.05, 3.63) is 82.6 Å². The molecule has 0 saturated heterocycles. The van der Waals surface area contributed by atoms with E-state index in [1.165, 1.54) is 10.7 Å². The van der Waals surface area contributed by atoms with E-state index < -0.39 is 6.04 Å². The summed E-state index contributed by atoms with van der Waals surface area (Å²) in [5.74, 6) is -0.199. The Morgan fingerprint density at radius 2 is 1.77 bits per heavy atom. The van der Waals surface area contributed by atoms with Crippen LogP contribution in [0.4, 0.5) is 5.69 Å². The van der Waals surface area contributed by atoms with Crippen molar-refractivity contribution in [3.8, 4) is 11.3 Å². The second-order valence-electron chi connectivity index (χ2n) is 6.28. The van der Waals surface area contributed by atoms with E-state index in [1.807, 2.05) is 61.5 Å². The highest BCUT2D eigenvalue weighted by atomic mass is 16.2. The zero-order valence-corrected chi connectivity index (χ0v) is 15.1. The van der Waals surface area contributed by atoms with Crippen LogP contribution in [-0.4, -0.2) is 22.7 Å². The van der Waals surface area contributed by atoms with Crippen LogP contribution in [0.1, 0.15) is 18.5 Å². The van der Waals surface area contributed by atoms with Gasteiger partial charge in [0, 0.05) is 24.4 Å². The first-order valence-electron chi connectivity index (χ1n) is 8.47. The van der Waals surface area contributed by atoms with Crippen molar-refractivity contribution in [2.24, 2.45) is 0 Å². The van der Waals surface area contributed by atoms with E-state index in [0.29, 0.717) is 5.69 Å². The van der Waals surface area contributed by atoms with E-state index in [1.54, 1.807) is 24.9 Å². The molecule has 1 heterocycles. The third kappa shape index (κ3) is 3.57. The maximum absolute atomic E-state index is 12.9. The smallest absolute Gasteiger partial charge is 0.267 e. The molecule has 132 valence electrons. The molecule has 0 fully saturated rings. The average molecular weight is 347 g/mol. The largest absolute Gasteiger partial charge is 0.314 e. The van der Waals surface area contributed by atoms with Crippen LogP contribution in [0.2, 0.25) is 0 Å². The molecule has 5 nitrogen and oxygen atoms in total. The number of anilines is 1.